The summed E-state index contributed by atoms with van der Waals surface area (Å²) in [6, 6.07) is 9.00. The lowest BCUT2D eigenvalue weighted by molar-refractivity contribution is -0.142. The molecule has 1 saturated heterocycles. The first-order valence-corrected chi connectivity index (χ1v) is 21.4. The molecule has 3 aromatic heterocycles. The second-order valence-electron chi connectivity index (χ2n) is 15.9. The Balaban J connectivity index is 1.28. The number of pyridine rings is 1. The smallest absolute Gasteiger partial charge is 0.376 e. The van der Waals surface area contributed by atoms with Gasteiger partial charge < -0.3 is 10.4 Å². The van der Waals surface area contributed by atoms with Crippen molar-refractivity contribution in [3.8, 4) is 23.0 Å². The number of aliphatic hydroxyl groups is 1. The van der Waals surface area contributed by atoms with Crippen LogP contribution >= 0.6 is 11.6 Å². The third-order valence-corrected chi connectivity index (χ3v) is 12.3. The monoisotopic (exact) mass is 876 g/mol. The van der Waals surface area contributed by atoms with Gasteiger partial charge in [0.1, 0.15) is 35.2 Å². The van der Waals surface area contributed by atoms with Crippen LogP contribution in [-0.2, 0) is 52.5 Å². The van der Waals surface area contributed by atoms with E-state index >= 15 is 8.78 Å². The van der Waals surface area contributed by atoms with E-state index in [-0.39, 0.29) is 47.1 Å². The van der Waals surface area contributed by atoms with Gasteiger partial charge in [-0.15, -0.1) is 0 Å². The minimum atomic E-state index is -5.06. The molecule has 0 amide bonds. The van der Waals surface area contributed by atoms with Crippen LogP contribution in [0.25, 0.3) is 22.0 Å². The van der Waals surface area contributed by atoms with Gasteiger partial charge in [-0.3, -0.25) is 14.2 Å². The first kappa shape index (κ1) is 41.9. The number of Topliss-reactive ketones (excluding diaryl/α,β-unsaturated/α-hetero) is 1. The van der Waals surface area contributed by atoms with Crippen molar-refractivity contribution >= 4 is 38.1 Å². The summed E-state index contributed by atoms with van der Waals surface area (Å²) in [4.78, 5) is 18.9. The van der Waals surface area contributed by atoms with Gasteiger partial charge in [0.05, 0.1) is 27.7 Å². The van der Waals surface area contributed by atoms with E-state index in [4.69, 9.17) is 16.6 Å². The number of rotatable bonds is 10. The van der Waals surface area contributed by atoms with Crippen molar-refractivity contribution in [2.45, 2.75) is 73.9 Å². The van der Waals surface area contributed by atoms with Crippen molar-refractivity contribution in [3.05, 3.63) is 98.7 Å². The van der Waals surface area contributed by atoms with Crippen LogP contribution in [0.2, 0.25) is 5.02 Å². The Kier molecular flexibility index (Phi) is 10.4. The molecule has 10 nitrogen and oxygen atoms in total. The zero-order valence-electron chi connectivity index (χ0n) is 32.0. The van der Waals surface area contributed by atoms with E-state index in [0.29, 0.717) is 52.2 Å². The molecule has 4 atom stereocenters. The third kappa shape index (κ3) is 8.04. The van der Waals surface area contributed by atoms with E-state index in [0.717, 1.165) is 18.4 Å². The molecule has 3 aliphatic rings. The van der Waals surface area contributed by atoms with Crippen LogP contribution in [-0.4, -0.2) is 68.8 Å². The van der Waals surface area contributed by atoms with Crippen LogP contribution in [0.3, 0.4) is 0 Å². The zero-order chi connectivity index (χ0) is 43.1. The number of halogens is 8. The highest BCUT2D eigenvalue weighted by molar-refractivity contribution is 7.89. The van der Waals surface area contributed by atoms with Gasteiger partial charge in [0.25, 0.3) is 5.92 Å². The van der Waals surface area contributed by atoms with Gasteiger partial charge in [-0.05, 0) is 80.0 Å². The van der Waals surface area contributed by atoms with Gasteiger partial charge in [0.15, 0.2) is 21.3 Å². The molecule has 0 radical (unpaired) electrons. The second-order valence-corrected chi connectivity index (χ2v) is 18.5. The summed E-state index contributed by atoms with van der Waals surface area (Å²) in [5.41, 5.74) is -2.93. The number of sulfone groups is 1. The molecule has 0 bridgehead atoms. The summed E-state index contributed by atoms with van der Waals surface area (Å²) < 4.78 is 129. The van der Waals surface area contributed by atoms with Crippen molar-refractivity contribution < 1.29 is 49.1 Å². The number of hydrogen-bond acceptors (Lipinski definition) is 8. The number of benzene rings is 2. The molecule has 0 spiro atoms. The zero-order valence-corrected chi connectivity index (χ0v) is 33.5. The molecule has 2 fully saturated rings. The third-order valence-electron chi connectivity index (χ3n) is 11.2. The van der Waals surface area contributed by atoms with Gasteiger partial charge in [-0.25, -0.2) is 22.2 Å². The quantitative estimate of drug-likeness (QED) is 0.114. The van der Waals surface area contributed by atoms with Crippen molar-refractivity contribution in [1.29, 1.82) is 0 Å². The minimum Gasteiger partial charge on any atom is -0.376 e. The lowest BCUT2D eigenvalue weighted by Gasteiger charge is -2.27. The highest BCUT2D eigenvalue weighted by Crippen LogP contribution is 2.68. The summed E-state index contributed by atoms with van der Waals surface area (Å²) >= 11 is 6.65. The summed E-state index contributed by atoms with van der Waals surface area (Å²) in [7, 11) is -2.04. The first-order chi connectivity index (χ1) is 28.1. The minimum absolute atomic E-state index is 0.0697. The molecule has 4 heterocycles. The molecule has 316 valence electrons. The van der Waals surface area contributed by atoms with Gasteiger partial charge in [-0.2, -0.15) is 32.1 Å². The summed E-state index contributed by atoms with van der Waals surface area (Å²) in [6.07, 6.45) is -4.01. The second kappa shape index (κ2) is 15.0. The fourth-order valence-electron chi connectivity index (χ4n) is 8.66. The van der Waals surface area contributed by atoms with Gasteiger partial charge in [0.2, 0.25) is 0 Å². The van der Waals surface area contributed by atoms with Crippen LogP contribution in [0.5, 0.6) is 0 Å². The molecule has 60 heavy (non-hydrogen) atoms. The van der Waals surface area contributed by atoms with E-state index in [2.05, 4.69) is 27.4 Å². The molecule has 8 rings (SSSR count). The Labute approximate surface area is 344 Å². The SMILES string of the molecule is Cn1nc(CS(C)(=O)=O)c2c(Cl)ccc(-c3ccc(C#CC4(O)CCCNC4)nc3[C@@H](CC(=O)Cn3nc(C(F)(F)F)c4c3C(F)(F)[C@@H]3C[C@H]43)Cc3cc(F)cc(F)c3)c21. The van der Waals surface area contributed by atoms with Gasteiger partial charge in [-0.1, -0.05) is 23.6 Å². The fraction of sp³-hybridized carbons (Fsp3) is 0.415. The molecule has 5 aromatic rings. The predicted octanol–water partition coefficient (Wildman–Crippen LogP) is 6.99. The van der Waals surface area contributed by atoms with Crippen LogP contribution in [0.1, 0.15) is 77.1 Å². The largest absolute Gasteiger partial charge is 0.435 e. The highest BCUT2D eigenvalue weighted by Gasteiger charge is 2.68. The number of nitrogens with one attached hydrogen (secondary N) is 1. The Morgan fingerprint density at radius 1 is 1.10 bits per heavy atom. The Morgan fingerprint density at radius 2 is 1.82 bits per heavy atom. The fourth-order valence-corrected chi connectivity index (χ4v) is 9.62. The molecule has 2 aliphatic carbocycles. The number of aromatic nitrogens is 5. The van der Waals surface area contributed by atoms with Crippen molar-refractivity contribution in [3.63, 3.8) is 0 Å². The van der Waals surface area contributed by atoms with E-state index in [1.807, 2.05) is 0 Å². The number of aryl methyl sites for hydroxylation is 1. The van der Waals surface area contributed by atoms with Gasteiger partial charge in [0, 0.05) is 66.2 Å². The van der Waals surface area contributed by atoms with Crippen molar-refractivity contribution in [1.82, 2.24) is 29.9 Å². The molecule has 1 unspecified atom stereocenters. The van der Waals surface area contributed by atoms with E-state index in [1.165, 1.54) is 10.7 Å². The summed E-state index contributed by atoms with van der Waals surface area (Å²) in [5.74, 6) is -4.58. The van der Waals surface area contributed by atoms with Crippen LogP contribution in [0, 0.1) is 29.4 Å². The normalized spacial score (nSPS) is 21.3. The Morgan fingerprint density at radius 3 is 2.48 bits per heavy atom. The number of piperidine rings is 1. The van der Waals surface area contributed by atoms with Gasteiger partial charge >= 0.3 is 6.18 Å². The van der Waals surface area contributed by atoms with Crippen molar-refractivity contribution in [2.24, 2.45) is 13.0 Å². The molecule has 1 saturated carbocycles. The lowest BCUT2D eigenvalue weighted by atomic mass is 9.86. The van der Waals surface area contributed by atoms with E-state index in [1.54, 1.807) is 25.2 Å². The number of carbonyl (C=O) groups excluding carboxylic acids is 1. The van der Waals surface area contributed by atoms with Crippen LogP contribution in [0.15, 0.2) is 42.5 Å². The number of β-amino-alcohol motifs (C(OH)–C–C–N with tert-alkyl or cyclic N) is 1. The Hall–Kier alpha value is -4.83. The maximum absolute atomic E-state index is 15.5. The average molecular weight is 877 g/mol. The van der Waals surface area contributed by atoms with Crippen LogP contribution in [0.4, 0.5) is 30.7 Å². The predicted molar refractivity (Wildman–Crippen MR) is 206 cm³/mol. The number of hydrogen-bond donors (Lipinski definition) is 2. The Bertz CT molecular complexity index is 2730. The van der Waals surface area contributed by atoms with E-state index < -0.39 is 98.4 Å². The number of ketones is 1. The standard InChI is InChI=1S/C41H36ClF7N6O4S/c1-54-36-28(6-7-31(42)34(36)32(52-54)19-60(2,58)59)27-5-4-25(8-10-39(57)9-3-11-50-20-39)51-35(27)22(12-21-13-23(43)16-24(44)14-21)15-26(56)18-55-38-33(37(53-55)41(47,48)49)29-17-30(29)40(38,45)46/h4-7,13-14,16,22,29-30,50,57H,3,9,11-12,15,17-20H2,1-2H3/t22-,29+,30-,39?/m1/s1. The topological polar surface area (TPSA) is 132 Å². The summed E-state index contributed by atoms with van der Waals surface area (Å²) in [5, 5.41) is 22.6. The number of fused-ring (bicyclic) bond motifs is 4. The maximum atomic E-state index is 15.5. The lowest BCUT2D eigenvalue weighted by Crippen LogP contribution is -2.44. The molecule has 2 N–H and O–H groups in total. The molecule has 19 heteroatoms. The number of nitrogens with zero attached hydrogens (tertiary/aromatic N) is 5. The maximum Gasteiger partial charge on any atom is 0.435 e. The van der Waals surface area contributed by atoms with Crippen molar-refractivity contribution in [2.75, 3.05) is 19.3 Å². The first-order valence-electron chi connectivity index (χ1n) is 18.9. The number of alkyl halides is 5. The molecule has 1 aliphatic heterocycles. The molecule has 2 aromatic carbocycles. The molecular formula is C41H36ClF7N6O4S. The van der Waals surface area contributed by atoms with E-state index in [9.17, 15) is 40.3 Å². The summed E-state index contributed by atoms with van der Waals surface area (Å²) in [6.45, 7) is -0.108. The average Bonchev–Trinajstić information content (AvgIpc) is 3.68. The number of carbonyl (C=O) groups is 1. The molecular weight excluding hydrogens is 841 g/mol. The highest BCUT2D eigenvalue weighted by atomic mass is 35.5. The van der Waals surface area contributed by atoms with Crippen LogP contribution < -0.4 is 5.32 Å².